The Morgan fingerprint density at radius 2 is 2.44 bits per heavy atom. The SMILES string of the molecule is CCOC(=O)CC1COc2cc(F)ccc21. The topological polar surface area (TPSA) is 35.5 Å². The van der Waals surface area contributed by atoms with Gasteiger partial charge in [-0.2, -0.15) is 0 Å². The summed E-state index contributed by atoms with van der Waals surface area (Å²) in [6.07, 6.45) is 0.284. The van der Waals surface area contributed by atoms with Crippen molar-refractivity contribution in [3.05, 3.63) is 29.6 Å². The zero-order valence-corrected chi connectivity index (χ0v) is 9.03. The summed E-state index contributed by atoms with van der Waals surface area (Å²) in [4.78, 5) is 11.3. The third-order valence-corrected chi connectivity index (χ3v) is 2.57. The van der Waals surface area contributed by atoms with Crippen molar-refractivity contribution in [2.24, 2.45) is 0 Å². The molecule has 0 bridgehead atoms. The van der Waals surface area contributed by atoms with Gasteiger partial charge in [-0.3, -0.25) is 4.79 Å². The number of halogens is 1. The second-order valence-electron chi connectivity index (χ2n) is 3.70. The number of carbonyl (C=O) groups is 1. The highest BCUT2D eigenvalue weighted by atomic mass is 19.1. The van der Waals surface area contributed by atoms with Crippen molar-refractivity contribution in [3.8, 4) is 5.75 Å². The lowest BCUT2D eigenvalue weighted by atomic mass is 9.98. The maximum atomic E-state index is 12.9. The predicted octanol–water partition coefficient (Wildman–Crippen LogP) is 2.25. The molecule has 2 rings (SSSR count). The van der Waals surface area contributed by atoms with Crippen LogP contribution in [0.5, 0.6) is 5.75 Å². The second-order valence-corrected chi connectivity index (χ2v) is 3.70. The number of fused-ring (bicyclic) bond motifs is 1. The average molecular weight is 224 g/mol. The summed E-state index contributed by atoms with van der Waals surface area (Å²) in [5.41, 5.74) is 0.884. The van der Waals surface area contributed by atoms with E-state index in [0.717, 1.165) is 5.56 Å². The van der Waals surface area contributed by atoms with Crippen LogP contribution < -0.4 is 4.74 Å². The molecule has 86 valence electrons. The molecule has 1 heterocycles. The van der Waals surface area contributed by atoms with Gasteiger partial charge in [-0.05, 0) is 13.0 Å². The zero-order chi connectivity index (χ0) is 11.5. The first-order chi connectivity index (χ1) is 7.70. The van der Waals surface area contributed by atoms with Crippen molar-refractivity contribution in [1.82, 2.24) is 0 Å². The summed E-state index contributed by atoms with van der Waals surface area (Å²) >= 11 is 0. The van der Waals surface area contributed by atoms with Crippen LogP contribution in [0, 0.1) is 5.82 Å². The number of ether oxygens (including phenoxy) is 2. The maximum Gasteiger partial charge on any atom is 0.306 e. The van der Waals surface area contributed by atoms with Crippen LogP contribution in [0.1, 0.15) is 24.8 Å². The third-order valence-electron chi connectivity index (χ3n) is 2.57. The van der Waals surface area contributed by atoms with Gasteiger partial charge >= 0.3 is 5.97 Å². The molecule has 0 amide bonds. The van der Waals surface area contributed by atoms with Gasteiger partial charge in [0.15, 0.2) is 0 Å². The molecule has 1 atom stereocenters. The summed E-state index contributed by atoms with van der Waals surface area (Å²) in [5.74, 6) is -0.0484. The largest absolute Gasteiger partial charge is 0.493 e. The van der Waals surface area contributed by atoms with Gasteiger partial charge in [0.05, 0.1) is 19.6 Å². The van der Waals surface area contributed by atoms with Crippen molar-refractivity contribution < 1.29 is 18.7 Å². The van der Waals surface area contributed by atoms with E-state index in [1.165, 1.54) is 12.1 Å². The molecule has 1 aliphatic heterocycles. The highest BCUT2D eigenvalue weighted by Crippen LogP contribution is 2.36. The summed E-state index contributed by atoms with van der Waals surface area (Å²) in [6, 6.07) is 4.40. The van der Waals surface area contributed by atoms with E-state index in [1.807, 2.05) is 0 Å². The molecule has 3 nitrogen and oxygen atoms in total. The monoisotopic (exact) mass is 224 g/mol. The minimum Gasteiger partial charge on any atom is -0.493 e. The van der Waals surface area contributed by atoms with Crippen LogP contribution >= 0.6 is 0 Å². The highest BCUT2D eigenvalue weighted by molar-refractivity contribution is 5.71. The van der Waals surface area contributed by atoms with Gasteiger partial charge in [-0.1, -0.05) is 6.07 Å². The number of rotatable bonds is 3. The Bertz CT molecular complexity index is 403. The van der Waals surface area contributed by atoms with E-state index in [1.54, 1.807) is 13.0 Å². The lowest BCUT2D eigenvalue weighted by Crippen LogP contribution is -2.11. The molecule has 16 heavy (non-hydrogen) atoms. The molecule has 0 saturated heterocycles. The Labute approximate surface area is 93.2 Å². The highest BCUT2D eigenvalue weighted by Gasteiger charge is 2.27. The molecule has 0 spiro atoms. The molecule has 0 aromatic heterocycles. The molecule has 0 N–H and O–H groups in total. The summed E-state index contributed by atoms with van der Waals surface area (Å²) in [5, 5.41) is 0. The Morgan fingerprint density at radius 1 is 1.62 bits per heavy atom. The molecule has 1 unspecified atom stereocenters. The van der Waals surface area contributed by atoms with Gasteiger partial charge in [0.1, 0.15) is 11.6 Å². The van der Waals surface area contributed by atoms with Crippen molar-refractivity contribution >= 4 is 5.97 Å². The summed E-state index contributed by atoms with van der Waals surface area (Å²) in [6.45, 7) is 2.56. The Hall–Kier alpha value is -1.58. The van der Waals surface area contributed by atoms with Crippen LogP contribution in [0.25, 0.3) is 0 Å². The van der Waals surface area contributed by atoms with E-state index in [-0.39, 0.29) is 24.1 Å². The first-order valence-corrected chi connectivity index (χ1v) is 5.28. The van der Waals surface area contributed by atoms with Gasteiger partial charge in [-0.25, -0.2) is 4.39 Å². The molecule has 0 aliphatic carbocycles. The van der Waals surface area contributed by atoms with E-state index in [9.17, 15) is 9.18 Å². The smallest absolute Gasteiger partial charge is 0.306 e. The lowest BCUT2D eigenvalue weighted by Gasteiger charge is -2.07. The van der Waals surface area contributed by atoms with Crippen molar-refractivity contribution in [2.45, 2.75) is 19.3 Å². The molecule has 1 aromatic carbocycles. The van der Waals surface area contributed by atoms with E-state index in [2.05, 4.69) is 0 Å². The van der Waals surface area contributed by atoms with Crippen LogP contribution in [-0.2, 0) is 9.53 Å². The molecular weight excluding hydrogens is 211 g/mol. The van der Waals surface area contributed by atoms with Gasteiger partial charge in [0.2, 0.25) is 0 Å². The minimum absolute atomic E-state index is 0.0188. The maximum absolute atomic E-state index is 12.9. The van der Waals surface area contributed by atoms with Crippen LogP contribution in [0.2, 0.25) is 0 Å². The number of hydrogen-bond donors (Lipinski definition) is 0. The fourth-order valence-electron chi connectivity index (χ4n) is 1.84. The van der Waals surface area contributed by atoms with Crippen LogP contribution in [0.15, 0.2) is 18.2 Å². The van der Waals surface area contributed by atoms with Crippen molar-refractivity contribution in [3.63, 3.8) is 0 Å². The second kappa shape index (κ2) is 4.51. The molecule has 0 saturated carbocycles. The fourth-order valence-corrected chi connectivity index (χ4v) is 1.84. The third kappa shape index (κ3) is 2.15. The van der Waals surface area contributed by atoms with E-state index in [0.29, 0.717) is 19.0 Å². The quantitative estimate of drug-likeness (QED) is 0.739. The van der Waals surface area contributed by atoms with E-state index < -0.39 is 0 Å². The lowest BCUT2D eigenvalue weighted by molar-refractivity contribution is -0.143. The van der Waals surface area contributed by atoms with E-state index in [4.69, 9.17) is 9.47 Å². The Balaban J connectivity index is 2.09. The van der Waals surface area contributed by atoms with Gasteiger partial charge < -0.3 is 9.47 Å². The van der Waals surface area contributed by atoms with Crippen molar-refractivity contribution in [2.75, 3.05) is 13.2 Å². The summed E-state index contributed by atoms with van der Waals surface area (Å²) in [7, 11) is 0. The van der Waals surface area contributed by atoms with Gasteiger partial charge in [0.25, 0.3) is 0 Å². The van der Waals surface area contributed by atoms with Crippen molar-refractivity contribution in [1.29, 1.82) is 0 Å². The number of benzene rings is 1. The van der Waals surface area contributed by atoms with E-state index >= 15 is 0 Å². The predicted molar refractivity (Wildman–Crippen MR) is 55.9 cm³/mol. The zero-order valence-electron chi connectivity index (χ0n) is 9.03. The normalized spacial score (nSPS) is 17.8. The fraction of sp³-hybridized carbons (Fsp3) is 0.417. The Morgan fingerprint density at radius 3 is 3.19 bits per heavy atom. The molecule has 1 aromatic rings. The van der Waals surface area contributed by atoms with Crippen LogP contribution in [0.4, 0.5) is 4.39 Å². The average Bonchev–Trinajstić information content (AvgIpc) is 2.61. The standard InChI is InChI=1S/C12H13FO3/c1-2-15-12(14)5-8-7-16-11-6-9(13)3-4-10(8)11/h3-4,6,8H,2,5,7H2,1H3. The Kier molecular flexibility index (Phi) is 3.08. The molecule has 4 heteroatoms. The molecule has 1 aliphatic rings. The van der Waals surface area contributed by atoms with Gasteiger partial charge in [0, 0.05) is 17.5 Å². The number of hydrogen-bond acceptors (Lipinski definition) is 3. The first-order valence-electron chi connectivity index (χ1n) is 5.28. The summed E-state index contributed by atoms with van der Waals surface area (Å²) < 4.78 is 23.1. The number of carbonyl (C=O) groups excluding carboxylic acids is 1. The first kappa shape index (κ1) is 10.9. The van der Waals surface area contributed by atoms with Crippen LogP contribution in [0.3, 0.4) is 0 Å². The van der Waals surface area contributed by atoms with Gasteiger partial charge in [-0.15, -0.1) is 0 Å². The minimum atomic E-state index is -0.324. The molecule has 0 radical (unpaired) electrons. The van der Waals surface area contributed by atoms with Crippen LogP contribution in [-0.4, -0.2) is 19.2 Å². The molecule has 0 fully saturated rings. The number of esters is 1. The molecular formula is C12H13FO3.